The van der Waals surface area contributed by atoms with Crippen molar-refractivity contribution in [2.24, 2.45) is 5.73 Å². The van der Waals surface area contributed by atoms with E-state index in [9.17, 15) is 0 Å². The molecule has 2 heteroatoms. The largest absolute Gasteiger partial charge is 0.326 e. The summed E-state index contributed by atoms with van der Waals surface area (Å²) in [6, 6.07) is 0. The molecule has 0 aromatic carbocycles. The zero-order chi connectivity index (χ0) is 6.50. The molecule has 0 aliphatic rings. The van der Waals surface area contributed by atoms with Gasteiger partial charge in [0.15, 0.2) is 0 Å². The van der Waals surface area contributed by atoms with Gasteiger partial charge in [0.1, 0.15) is 0 Å². The highest BCUT2D eigenvalue weighted by atomic mass is 19.1. The molecule has 0 fully saturated rings. The Morgan fingerprint density at radius 1 is 1.29 bits per heavy atom. The second kappa shape index (κ2) is 4.06. The van der Waals surface area contributed by atoms with Crippen molar-refractivity contribution >= 4 is 0 Å². The molecule has 0 spiro atoms. The minimum atomic E-state index is 0. The number of hydrogen-bond donors (Lipinski definition) is 1. The van der Waals surface area contributed by atoms with Gasteiger partial charge in [-0.2, -0.15) is 0 Å². The Bertz CT molecular complexity index is 23.6. The van der Waals surface area contributed by atoms with Crippen LogP contribution in [-0.2, 0) is 0 Å². The molecule has 0 aliphatic carbocycles. The molecule has 7 heavy (non-hydrogen) atoms. The van der Waals surface area contributed by atoms with Gasteiger partial charge in [-0.15, -0.1) is 0 Å². The fraction of sp³-hybridized carbons (Fsp3) is 0.800. The van der Waals surface area contributed by atoms with Crippen molar-refractivity contribution in [3.63, 3.8) is 0 Å². The topological polar surface area (TPSA) is 26.0 Å². The Labute approximate surface area is 44.7 Å². The van der Waals surface area contributed by atoms with Gasteiger partial charge in [-0.05, 0) is 20.8 Å². The summed E-state index contributed by atoms with van der Waals surface area (Å²) in [5.41, 5.74) is 5.35. The van der Waals surface area contributed by atoms with Crippen LogP contribution in [0.4, 0.5) is 4.39 Å². The average Bonchev–Trinajstić information content (AvgIpc) is 1.36. The molecule has 2 N–H and O–H groups in total. The summed E-state index contributed by atoms with van der Waals surface area (Å²) in [5, 5.41) is 0. The molecule has 0 heterocycles. The van der Waals surface area contributed by atoms with E-state index in [1.165, 1.54) is 0 Å². The molecular formula is C5H11FN. The van der Waals surface area contributed by atoms with E-state index in [1.54, 1.807) is 0 Å². The summed E-state index contributed by atoms with van der Waals surface area (Å²) in [6.45, 7) is 5.90. The summed E-state index contributed by atoms with van der Waals surface area (Å²) in [6.07, 6.45) is 0. The first-order valence-corrected chi connectivity index (χ1v) is 1.98. The first-order valence-electron chi connectivity index (χ1n) is 1.98. The molecule has 3 radical (unpaired) electrons. The van der Waals surface area contributed by atoms with E-state index < -0.39 is 0 Å². The highest BCUT2D eigenvalue weighted by Crippen LogP contribution is 1.88. The van der Waals surface area contributed by atoms with Crippen LogP contribution >= 0.6 is 0 Å². The number of rotatable bonds is 0. The van der Waals surface area contributed by atoms with Crippen LogP contribution in [0.5, 0.6) is 0 Å². The quantitative estimate of drug-likeness (QED) is 0.491. The average molecular weight is 104 g/mol. The summed E-state index contributed by atoms with van der Waals surface area (Å²) in [4.78, 5) is 0. The van der Waals surface area contributed by atoms with Crippen LogP contribution in [0.15, 0.2) is 0 Å². The molecule has 0 aliphatic heterocycles. The zero-order valence-corrected chi connectivity index (χ0v) is 4.96. The van der Waals surface area contributed by atoms with Crippen LogP contribution in [-0.4, -0.2) is 5.54 Å². The summed E-state index contributed by atoms with van der Waals surface area (Å²) in [5.74, 6) is 0. The fourth-order valence-electron chi connectivity index (χ4n) is 0. The summed E-state index contributed by atoms with van der Waals surface area (Å²) < 4.78 is 8.75. The van der Waals surface area contributed by atoms with Crippen molar-refractivity contribution in [2.45, 2.75) is 26.3 Å². The van der Waals surface area contributed by atoms with Crippen molar-refractivity contribution in [1.82, 2.24) is 0 Å². The molecule has 0 saturated carbocycles. The molecule has 43 valence electrons. The minimum Gasteiger partial charge on any atom is -0.326 e. The number of hydrogen-bond acceptors (Lipinski definition) is 1. The molecule has 1 nitrogen and oxygen atoms in total. The minimum absolute atomic E-state index is 0. The molecule has 0 unspecified atom stereocenters. The fourth-order valence-corrected chi connectivity index (χ4v) is 0. The van der Waals surface area contributed by atoms with E-state index >= 15 is 0 Å². The van der Waals surface area contributed by atoms with Crippen molar-refractivity contribution in [2.75, 3.05) is 0 Å². The van der Waals surface area contributed by atoms with Crippen LogP contribution in [0.25, 0.3) is 0 Å². The van der Waals surface area contributed by atoms with Gasteiger partial charge >= 0.3 is 0 Å². The van der Waals surface area contributed by atoms with Crippen LogP contribution < -0.4 is 5.73 Å². The van der Waals surface area contributed by atoms with Crippen molar-refractivity contribution < 1.29 is 4.39 Å². The predicted molar refractivity (Wildman–Crippen MR) is 28.3 cm³/mol. The molecule has 0 aromatic rings. The highest BCUT2D eigenvalue weighted by molar-refractivity contribution is 4.60. The zero-order valence-electron chi connectivity index (χ0n) is 4.96. The Morgan fingerprint density at radius 2 is 1.29 bits per heavy atom. The highest BCUT2D eigenvalue weighted by Gasteiger charge is 1.95. The Kier molecular flexibility index (Phi) is 5.80. The third-order valence-corrected chi connectivity index (χ3v) is 0. The Morgan fingerprint density at radius 3 is 1.29 bits per heavy atom. The van der Waals surface area contributed by atoms with Crippen molar-refractivity contribution in [3.05, 3.63) is 7.18 Å². The van der Waals surface area contributed by atoms with Crippen LogP contribution in [0.3, 0.4) is 0 Å². The van der Waals surface area contributed by atoms with E-state index in [0.717, 1.165) is 0 Å². The van der Waals surface area contributed by atoms with Crippen LogP contribution in [0, 0.1) is 7.18 Å². The second-order valence-corrected chi connectivity index (χ2v) is 2.37. The van der Waals surface area contributed by atoms with Gasteiger partial charge in [0.2, 0.25) is 7.18 Å². The lowest BCUT2D eigenvalue weighted by atomic mass is 10.1. The van der Waals surface area contributed by atoms with E-state index in [2.05, 4.69) is 7.18 Å². The maximum Gasteiger partial charge on any atom is 0.232 e. The third-order valence-electron chi connectivity index (χ3n) is 0. The Hall–Kier alpha value is -0.110. The molecule has 0 bridgehead atoms. The summed E-state index contributed by atoms with van der Waals surface area (Å²) >= 11 is 0. The molecule has 0 saturated heterocycles. The van der Waals surface area contributed by atoms with E-state index in [-0.39, 0.29) is 5.54 Å². The molecule has 0 amide bonds. The molecule has 0 rings (SSSR count). The van der Waals surface area contributed by atoms with Gasteiger partial charge in [-0.25, -0.2) is 4.39 Å². The van der Waals surface area contributed by atoms with Crippen molar-refractivity contribution in [1.29, 1.82) is 0 Å². The smallest absolute Gasteiger partial charge is 0.232 e. The predicted octanol–water partition coefficient (Wildman–Crippen LogP) is 1.25. The van der Waals surface area contributed by atoms with Gasteiger partial charge < -0.3 is 5.73 Å². The molecular weight excluding hydrogens is 93.1 g/mol. The SMILES string of the molecule is CC(C)(C)N.[C]F. The van der Waals surface area contributed by atoms with Gasteiger partial charge in [-0.1, -0.05) is 0 Å². The number of halogens is 1. The van der Waals surface area contributed by atoms with Crippen LogP contribution in [0.1, 0.15) is 20.8 Å². The lowest BCUT2D eigenvalue weighted by Crippen LogP contribution is -2.26. The molecule has 0 atom stereocenters. The molecule has 0 aromatic heterocycles. The lowest BCUT2D eigenvalue weighted by Gasteiger charge is -2.06. The Balaban J connectivity index is 0. The normalized spacial score (nSPS) is 9.43. The van der Waals surface area contributed by atoms with Gasteiger partial charge in [0, 0.05) is 5.54 Å². The first-order chi connectivity index (χ1) is 3.00. The van der Waals surface area contributed by atoms with E-state index in [1.807, 2.05) is 20.8 Å². The second-order valence-electron chi connectivity index (χ2n) is 2.37. The third kappa shape index (κ3) is 7370. The maximum atomic E-state index is 8.75. The monoisotopic (exact) mass is 104 g/mol. The van der Waals surface area contributed by atoms with Gasteiger partial charge in [0.05, 0.1) is 0 Å². The maximum absolute atomic E-state index is 8.75. The number of nitrogens with two attached hydrogens (primary N) is 1. The van der Waals surface area contributed by atoms with Crippen LogP contribution in [0.2, 0.25) is 0 Å². The first kappa shape index (κ1) is 10.00. The van der Waals surface area contributed by atoms with E-state index in [0.29, 0.717) is 0 Å². The van der Waals surface area contributed by atoms with Gasteiger partial charge in [0.25, 0.3) is 0 Å². The standard InChI is InChI=1S/C4H11N.CF/c1-4(2,3)5;1-2/h5H2,1-3H3;. The lowest BCUT2D eigenvalue weighted by molar-refractivity contribution is 0.580. The van der Waals surface area contributed by atoms with E-state index in [4.69, 9.17) is 10.1 Å². The van der Waals surface area contributed by atoms with Crippen molar-refractivity contribution in [3.8, 4) is 0 Å². The van der Waals surface area contributed by atoms with Gasteiger partial charge in [-0.3, -0.25) is 0 Å². The summed E-state index contributed by atoms with van der Waals surface area (Å²) in [7, 11) is 4.25.